The Morgan fingerprint density at radius 2 is 2.33 bits per heavy atom. The van der Waals surface area contributed by atoms with E-state index in [0.29, 0.717) is 25.1 Å². The lowest BCUT2D eigenvalue weighted by molar-refractivity contribution is -0.121. The van der Waals surface area contributed by atoms with E-state index in [4.69, 9.17) is 5.73 Å². The van der Waals surface area contributed by atoms with Crippen LogP contribution in [0.25, 0.3) is 0 Å². The van der Waals surface area contributed by atoms with Crippen molar-refractivity contribution in [3.63, 3.8) is 0 Å². The summed E-state index contributed by atoms with van der Waals surface area (Å²) in [6.45, 7) is 0.493. The summed E-state index contributed by atoms with van der Waals surface area (Å²) < 4.78 is 0. The lowest BCUT2D eigenvalue weighted by atomic mass is 10.1. The minimum Gasteiger partial charge on any atom is -0.399 e. The van der Waals surface area contributed by atoms with Crippen LogP contribution >= 0.6 is 0 Å². The van der Waals surface area contributed by atoms with Crippen molar-refractivity contribution in [1.29, 1.82) is 0 Å². The third-order valence-electron chi connectivity index (χ3n) is 2.95. The molecule has 2 amide bonds. The van der Waals surface area contributed by atoms with Gasteiger partial charge in [0.15, 0.2) is 0 Å². The van der Waals surface area contributed by atoms with Crippen LogP contribution in [0, 0.1) is 0 Å². The predicted molar refractivity (Wildman–Crippen MR) is 68.7 cm³/mol. The molecule has 1 aromatic carbocycles. The van der Waals surface area contributed by atoms with Crippen molar-refractivity contribution in [3.8, 4) is 0 Å². The maximum absolute atomic E-state index is 11.7. The first-order chi connectivity index (χ1) is 8.63. The molecule has 0 bridgehead atoms. The molecule has 1 saturated heterocycles. The number of hydrogen-bond acceptors (Lipinski definition) is 3. The first-order valence-electron chi connectivity index (χ1n) is 6.04. The lowest BCUT2D eigenvalue weighted by Crippen LogP contribution is -2.38. The normalized spacial score (nSPS) is 18.4. The molecule has 1 fully saturated rings. The molecule has 96 valence electrons. The van der Waals surface area contributed by atoms with Gasteiger partial charge in [-0.1, -0.05) is 12.1 Å². The zero-order valence-electron chi connectivity index (χ0n) is 10.1. The summed E-state index contributed by atoms with van der Waals surface area (Å²) >= 11 is 0. The highest BCUT2D eigenvalue weighted by molar-refractivity contribution is 5.80. The Hall–Kier alpha value is -2.04. The number of nitrogens with two attached hydrogens (primary N) is 1. The van der Waals surface area contributed by atoms with Crippen LogP contribution in [0.3, 0.4) is 0 Å². The molecule has 1 aromatic rings. The van der Waals surface area contributed by atoms with Crippen LogP contribution in [0.2, 0.25) is 0 Å². The standard InChI is InChI=1S/C13H17N3O2/c14-10-3-1-2-9(6-10)7-13(18)15-8-11-4-5-12(17)16-11/h1-3,6,11H,4-5,7-8,14H2,(H,15,18)(H,16,17). The van der Waals surface area contributed by atoms with Crippen molar-refractivity contribution in [1.82, 2.24) is 10.6 Å². The summed E-state index contributed by atoms with van der Waals surface area (Å²) in [5.41, 5.74) is 7.19. The third kappa shape index (κ3) is 3.48. The van der Waals surface area contributed by atoms with E-state index in [9.17, 15) is 9.59 Å². The van der Waals surface area contributed by atoms with Gasteiger partial charge < -0.3 is 16.4 Å². The Bertz CT molecular complexity index is 459. The number of anilines is 1. The minimum atomic E-state index is -0.0539. The molecule has 0 aromatic heterocycles. The maximum Gasteiger partial charge on any atom is 0.224 e. The smallest absolute Gasteiger partial charge is 0.224 e. The number of rotatable bonds is 4. The van der Waals surface area contributed by atoms with Gasteiger partial charge in [0.1, 0.15) is 0 Å². The van der Waals surface area contributed by atoms with Gasteiger partial charge in [-0.15, -0.1) is 0 Å². The molecule has 1 atom stereocenters. The molecule has 5 nitrogen and oxygen atoms in total. The summed E-state index contributed by atoms with van der Waals surface area (Å²) in [6.07, 6.45) is 1.65. The topological polar surface area (TPSA) is 84.2 Å². The molecule has 1 unspecified atom stereocenters. The SMILES string of the molecule is Nc1cccc(CC(=O)NCC2CCC(=O)N2)c1. The molecule has 1 aliphatic rings. The average molecular weight is 247 g/mol. The van der Waals surface area contributed by atoms with Gasteiger partial charge in [-0.25, -0.2) is 0 Å². The molecule has 1 heterocycles. The van der Waals surface area contributed by atoms with Crippen molar-refractivity contribution in [3.05, 3.63) is 29.8 Å². The van der Waals surface area contributed by atoms with Gasteiger partial charge in [-0.2, -0.15) is 0 Å². The number of carbonyl (C=O) groups is 2. The van der Waals surface area contributed by atoms with Crippen molar-refractivity contribution in [2.24, 2.45) is 0 Å². The summed E-state index contributed by atoms with van der Waals surface area (Å²) in [6, 6.07) is 7.34. The Balaban J connectivity index is 1.77. The number of nitrogen functional groups attached to an aromatic ring is 1. The van der Waals surface area contributed by atoms with E-state index in [2.05, 4.69) is 10.6 Å². The molecule has 18 heavy (non-hydrogen) atoms. The van der Waals surface area contributed by atoms with E-state index < -0.39 is 0 Å². The van der Waals surface area contributed by atoms with E-state index in [-0.39, 0.29) is 17.9 Å². The van der Waals surface area contributed by atoms with Gasteiger partial charge >= 0.3 is 0 Å². The first-order valence-corrected chi connectivity index (χ1v) is 6.04. The number of carbonyl (C=O) groups excluding carboxylic acids is 2. The molecule has 5 heteroatoms. The van der Waals surface area contributed by atoms with Gasteiger partial charge in [-0.05, 0) is 24.1 Å². The highest BCUT2D eigenvalue weighted by Crippen LogP contribution is 2.08. The van der Waals surface area contributed by atoms with Gasteiger partial charge in [0.25, 0.3) is 0 Å². The van der Waals surface area contributed by atoms with Crippen LogP contribution in [-0.4, -0.2) is 24.4 Å². The van der Waals surface area contributed by atoms with Gasteiger partial charge in [0, 0.05) is 24.7 Å². The third-order valence-corrected chi connectivity index (χ3v) is 2.95. The predicted octanol–water partition coefficient (Wildman–Crippen LogP) is 0.206. The Labute approximate surface area is 106 Å². The summed E-state index contributed by atoms with van der Waals surface area (Å²) in [4.78, 5) is 22.7. The van der Waals surface area contributed by atoms with Crippen LogP contribution < -0.4 is 16.4 Å². The molecular formula is C13H17N3O2. The molecule has 0 radical (unpaired) electrons. The van der Waals surface area contributed by atoms with Crippen LogP contribution in [0.1, 0.15) is 18.4 Å². The Morgan fingerprint density at radius 1 is 1.50 bits per heavy atom. The van der Waals surface area contributed by atoms with E-state index in [1.807, 2.05) is 12.1 Å². The fourth-order valence-electron chi connectivity index (χ4n) is 2.02. The van der Waals surface area contributed by atoms with Crippen molar-refractivity contribution in [2.45, 2.75) is 25.3 Å². The lowest BCUT2D eigenvalue weighted by Gasteiger charge is -2.11. The van der Waals surface area contributed by atoms with Crippen molar-refractivity contribution in [2.75, 3.05) is 12.3 Å². The first kappa shape index (κ1) is 12.4. The zero-order valence-corrected chi connectivity index (χ0v) is 10.1. The second-order valence-corrected chi connectivity index (χ2v) is 4.53. The van der Waals surface area contributed by atoms with E-state index in [1.54, 1.807) is 12.1 Å². The number of nitrogens with one attached hydrogen (secondary N) is 2. The molecule has 2 rings (SSSR count). The second kappa shape index (κ2) is 5.53. The van der Waals surface area contributed by atoms with Gasteiger partial charge in [0.2, 0.25) is 11.8 Å². The van der Waals surface area contributed by atoms with E-state index in [0.717, 1.165) is 12.0 Å². The maximum atomic E-state index is 11.7. The molecule has 0 spiro atoms. The van der Waals surface area contributed by atoms with Gasteiger partial charge in [0.05, 0.1) is 6.42 Å². The van der Waals surface area contributed by atoms with E-state index >= 15 is 0 Å². The van der Waals surface area contributed by atoms with E-state index in [1.165, 1.54) is 0 Å². The number of hydrogen-bond donors (Lipinski definition) is 3. The summed E-state index contributed by atoms with van der Waals surface area (Å²) in [5, 5.41) is 5.63. The Morgan fingerprint density at radius 3 is 3.00 bits per heavy atom. The quantitative estimate of drug-likeness (QED) is 0.665. The summed E-state index contributed by atoms with van der Waals surface area (Å²) in [5.74, 6) is 0.00632. The number of benzene rings is 1. The van der Waals surface area contributed by atoms with Crippen LogP contribution in [0.15, 0.2) is 24.3 Å². The molecular weight excluding hydrogens is 230 g/mol. The van der Waals surface area contributed by atoms with Crippen LogP contribution in [0.4, 0.5) is 5.69 Å². The molecule has 1 aliphatic heterocycles. The van der Waals surface area contributed by atoms with Gasteiger partial charge in [-0.3, -0.25) is 9.59 Å². The number of amides is 2. The largest absolute Gasteiger partial charge is 0.399 e. The van der Waals surface area contributed by atoms with Crippen molar-refractivity contribution < 1.29 is 9.59 Å². The molecule has 0 saturated carbocycles. The highest BCUT2D eigenvalue weighted by atomic mass is 16.2. The van der Waals surface area contributed by atoms with Crippen molar-refractivity contribution >= 4 is 17.5 Å². The minimum absolute atomic E-state index is 0.0539. The average Bonchev–Trinajstić information content (AvgIpc) is 2.73. The fraction of sp³-hybridized carbons (Fsp3) is 0.385. The second-order valence-electron chi connectivity index (χ2n) is 4.53. The monoisotopic (exact) mass is 247 g/mol. The van der Waals surface area contributed by atoms with Crippen LogP contribution in [0.5, 0.6) is 0 Å². The molecule has 0 aliphatic carbocycles. The fourth-order valence-corrected chi connectivity index (χ4v) is 2.02. The summed E-state index contributed by atoms with van der Waals surface area (Å²) in [7, 11) is 0. The van der Waals surface area contributed by atoms with Crippen LogP contribution in [-0.2, 0) is 16.0 Å². The Kier molecular flexibility index (Phi) is 3.82. The zero-order chi connectivity index (χ0) is 13.0. The molecule has 4 N–H and O–H groups in total. The highest BCUT2D eigenvalue weighted by Gasteiger charge is 2.20.